The monoisotopic (exact) mass is 236 g/mol. The van der Waals surface area contributed by atoms with Gasteiger partial charge in [-0.05, 0) is 32.6 Å². The van der Waals surface area contributed by atoms with Gasteiger partial charge in [0.15, 0.2) is 5.82 Å². The lowest BCUT2D eigenvalue weighted by Gasteiger charge is -2.18. The molecule has 1 aromatic rings. The van der Waals surface area contributed by atoms with Crippen LogP contribution in [0.3, 0.4) is 0 Å². The minimum absolute atomic E-state index is 0.288. The van der Waals surface area contributed by atoms with E-state index in [0.29, 0.717) is 5.92 Å². The molecule has 3 N–H and O–H groups in total. The summed E-state index contributed by atoms with van der Waals surface area (Å²) in [5, 5.41) is 7.45. The zero-order valence-electron chi connectivity index (χ0n) is 10.8. The number of nitrogens with zero attached hydrogens (tertiary/aromatic N) is 2. The van der Waals surface area contributed by atoms with Gasteiger partial charge in [0.2, 0.25) is 0 Å². The second-order valence-electron chi connectivity index (χ2n) is 5.34. The third-order valence-electron chi connectivity index (χ3n) is 3.59. The van der Waals surface area contributed by atoms with Crippen LogP contribution >= 0.6 is 0 Å². The van der Waals surface area contributed by atoms with Crippen LogP contribution in [0.15, 0.2) is 0 Å². The van der Waals surface area contributed by atoms with Crippen LogP contribution < -0.4 is 5.73 Å². The molecule has 1 unspecified atom stereocenters. The highest BCUT2D eigenvalue weighted by atomic mass is 15.2. The second-order valence-corrected chi connectivity index (χ2v) is 5.34. The molecule has 1 fully saturated rings. The van der Waals surface area contributed by atoms with E-state index in [1.807, 2.05) is 6.92 Å². The minimum Gasteiger partial charge on any atom is -0.328 e. The molecule has 0 aromatic carbocycles. The van der Waals surface area contributed by atoms with Gasteiger partial charge in [0.25, 0.3) is 0 Å². The van der Waals surface area contributed by atoms with E-state index in [-0.39, 0.29) is 6.04 Å². The Labute approximate surface area is 103 Å². The van der Waals surface area contributed by atoms with Crippen LogP contribution in [0.1, 0.15) is 69.4 Å². The molecule has 0 bridgehead atoms. The zero-order valence-corrected chi connectivity index (χ0v) is 10.8. The third-order valence-corrected chi connectivity index (χ3v) is 3.59. The van der Waals surface area contributed by atoms with E-state index in [9.17, 15) is 0 Å². The summed E-state index contributed by atoms with van der Waals surface area (Å²) in [6.07, 6.45) is 9.69. The normalized spacial score (nSPS) is 19.4. The molecule has 96 valence electrons. The smallest absolute Gasteiger partial charge is 0.153 e. The fraction of sp³-hybridized carbons (Fsp3) is 0.846. The van der Waals surface area contributed by atoms with E-state index in [4.69, 9.17) is 5.73 Å². The maximum atomic E-state index is 5.73. The quantitative estimate of drug-likeness (QED) is 0.825. The van der Waals surface area contributed by atoms with Crippen molar-refractivity contribution in [3.05, 3.63) is 11.6 Å². The largest absolute Gasteiger partial charge is 0.328 e. The molecule has 0 spiro atoms. The van der Waals surface area contributed by atoms with Gasteiger partial charge in [0.05, 0.1) is 0 Å². The van der Waals surface area contributed by atoms with Gasteiger partial charge in [0.1, 0.15) is 5.82 Å². The molecule has 0 saturated heterocycles. The van der Waals surface area contributed by atoms with E-state index in [2.05, 4.69) is 15.2 Å². The van der Waals surface area contributed by atoms with E-state index >= 15 is 0 Å². The van der Waals surface area contributed by atoms with Crippen LogP contribution in [-0.2, 0) is 6.42 Å². The molecule has 1 aliphatic rings. The van der Waals surface area contributed by atoms with Gasteiger partial charge < -0.3 is 5.73 Å². The first-order chi connectivity index (χ1) is 8.25. The SMILES string of the molecule is CC(N)CCCc1nc(C2CCCCC2)n[nH]1. The van der Waals surface area contributed by atoms with Crippen molar-refractivity contribution in [2.75, 3.05) is 0 Å². The molecular formula is C13H24N4. The Morgan fingerprint density at radius 3 is 2.82 bits per heavy atom. The number of nitrogens with two attached hydrogens (primary N) is 1. The minimum atomic E-state index is 0.288. The maximum Gasteiger partial charge on any atom is 0.153 e. The van der Waals surface area contributed by atoms with E-state index in [1.165, 1.54) is 32.1 Å². The molecule has 1 saturated carbocycles. The van der Waals surface area contributed by atoms with Crippen LogP contribution in [0, 0.1) is 0 Å². The first-order valence-corrected chi connectivity index (χ1v) is 6.92. The van der Waals surface area contributed by atoms with Gasteiger partial charge in [-0.2, -0.15) is 5.10 Å². The van der Waals surface area contributed by atoms with Gasteiger partial charge in [-0.25, -0.2) is 4.98 Å². The number of nitrogens with one attached hydrogen (secondary N) is 1. The van der Waals surface area contributed by atoms with Crippen molar-refractivity contribution in [2.24, 2.45) is 5.73 Å². The fourth-order valence-corrected chi connectivity index (χ4v) is 2.56. The molecule has 0 aliphatic heterocycles. The maximum absolute atomic E-state index is 5.73. The number of H-pyrrole nitrogens is 1. The molecule has 1 aliphatic carbocycles. The molecule has 0 amide bonds. The highest BCUT2D eigenvalue weighted by molar-refractivity contribution is 4.99. The van der Waals surface area contributed by atoms with Crippen molar-refractivity contribution < 1.29 is 0 Å². The average molecular weight is 236 g/mol. The summed E-state index contributed by atoms with van der Waals surface area (Å²) in [6, 6.07) is 0.288. The van der Waals surface area contributed by atoms with E-state index in [0.717, 1.165) is 30.9 Å². The molecule has 1 aromatic heterocycles. The number of aryl methyl sites for hydroxylation is 1. The van der Waals surface area contributed by atoms with Crippen LogP contribution in [0.25, 0.3) is 0 Å². The van der Waals surface area contributed by atoms with Crippen molar-refractivity contribution in [1.29, 1.82) is 0 Å². The molecule has 17 heavy (non-hydrogen) atoms. The summed E-state index contributed by atoms with van der Waals surface area (Å²) >= 11 is 0. The van der Waals surface area contributed by atoms with E-state index in [1.54, 1.807) is 0 Å². The molecular weight excluding hydrogens is 212 g/mol. The zero-order chi connectivity index (χ0) is 12.1. The fourth-order valence-electron chi connectivity index (χ4n) is 2.56. The van der Waals surface area contributed by atoms with E-state index < -0.39 is 0 Å². The summed E-state index contributed by atoms with van der Waals surface area (Å²) in [7, 11) is 0. The van der Waals surface area contributed by atoms with Gasteiger partial charge in [-0.3, -0.25) is 5.10 Å². The van der Waals surface area contributed by atoms with Gasteiger partial charge in [-0.1, -0.05) is 19.3 Å². The van der Waals surface area contributed by atoms with Crippen molar-refractivity contribution in [2.45, 2.75) is 70.3 Å². The molecule has 1 heterocycles. The van der Waals surface area contributed by atoms with Crippen LogP contribution in [-0.4, -0.2) is 21.2 Å². The van der Waals surface area contributed by atoms with Gasteiger partial charge >= 0.3 is 0 Å². The average Bonchev–Trinajstić information content (AvgIpc) is 2.78. The Bertz CT molecular complexity index is 326. The lowest BCUT2D eigenvalue weighted by Crippen LogP contribution is -2.14. The summed E-state index contributed by atoms with van der Waals surface area (Å²) < 4.78 is 0. The second kappa shape index (κ2) is 6.15. The molecule has 1 atom stereocenters. The first-order valence-electron chi connectivity index (χ1n) is 6.92. The summed E-state index contributed by atoms with van der Waals surface area (Å²) in [5.74, 6) is 2.67. The molecule has 2 rings (SSSR count). The predicted octanol–water partition coefficient (Wildman–Crippen LogP) is 2.52. The first kappa shape index (κ1) is 12.6. The van der Waals surface area contributed by atoms with Crippen LogP contribution in [0.4, 0.5) is 0 Å². The standard InChI is InChI=1S/C13H24N4/c1-10(14)6-5-9-12-15-13(17-16-12)11-7-3-2-4-8-11/h10-11H,2-9,14H2,1H3,(H,15,16,17). The van der Waals surface area contributed by atoms with Gasteiger partial charge in [-0.15, -0.1) is 0 Å². The number of aromatic amines is 1. The van der Waals surface area contributed by atoms with Crippen molar-refractivity contribution in [1.82, 2.24) is 15.2 Å². The number of hydrogen-bond donors (Lipinski definition) is 2. The highest BCUT2D eigenvalue weighted by Gasteiger charge is 2.19. The number of aromatic nitrogens is 3. The Balaban J connectivity index is 1.82. The summed E-state index contributed by atoms with van der Waals surface area (Å²) in [6.45, 7) is 2.05. The highest BCUT2D eigenvalue weighted by Crippen LogP contribution is 2.30. The molecule has 4 nitrogen and oxygen atoms in total. The third kappa shape index (κ3) is 3.80. The lowest BCUT2D eigenvalue weighted by molar-refractivity contribution is 0.429. The Hall–Kier alpha value is -0.900. The van der Waals surface area contributed by atoms with Crippen molar-refractivity contribution in [3.8, 4) is 0 Å². The molecule has 4 heteroatoms. The van der Waals surface area contributed by atoms with Crippen molar-refractivity contribution in [3.63, 3.8) is 0 Å². The predicted molar refractivity (Wildman–Crippen MR) is 68.8 cm³/mol. The summed E-state index contributed by atoms with van der Waals surface area (Å²) in [4.78, 5) is 4.62. The Morgan fingerprint density at radius 2 is 2.12 bits per heavy atom. The Kier molecular flexibility index (Phi) is 4.54. The number of rotatable bonds is 5. The topological polar surface area (TPSA) is 67.6 Å². The lowest BCUT2D eigenvalue weighted by atomic mass is 9.89. The number of hydrogen-bond acceptors (Lipinski definition) is 3. The Morgan fingerprint density at radius 1 is 1.35 bits per heavy atom. The summed E-state index contributed by atoms with van der Waals surface area (Å²) in [5.41, 5.74) is 5.73. The van der Waals surface area contributed by atoms with Gasteiger partial charge in [0, 0.05) is 18.4 Å². The molecule has 0 radical (unpaired) electrons. The van der Waals surface area contributed by atoms with Crippen LogP contribution in [0.2, 0.25) is 0 Å². The van der Waals surface area contributed by atoms with Crippen LogP contribution in [0.5, 0.6) is 0 Å². The van der Waals surface area contributed by atoms with Crippen molar-refractivity contribution >= 4 is 0 Å².